The number of quaternary nitrogens is 1. The molecule has 0 saturated carbocycles. The average Bonchev–Trinajstić information content (AvgIpc) is 2.70. The second-order valence-corrected chi connectivity index (χ2v) is 7.58. The Morgan fingerprint density at radius 3 is 2.45 bits per heavy atom. The number of nitrogens with zero attached hydrogens (tertiary/aromatic N) is 1. The van der Waals surface area contributed by atoms with Crippen LogP contribution in [0.15, 0.2) is 55.1 Å². The Bertz CT molecular complexity index is 873. The van der Waals surface area contributed by atoms with Crippen molar-refractivity contribution in [2.75, 3.05) is 34.3 Å². The molecule has 0 heterocycles. The van der Waals surface area contributed by atoms with Crippen LogP contribution in [-0.4, -0.2) is 55.6 Å². The van der Waals surface area contributed by atoms with Crippen molar-refractivity contribution in [3.63, 3.8) is 0 Å². The monoisotopic (exact) mass is 397 g/mol. The molecule has 2 aromatic rings. The molecule has 0 bridgehead atoms. The number of hydrogen-bond acceptors (Lipinski definition) is 4. The van der Waals surface area contributed by atoms with Crippen LogP contribution in [0, 0.1) is 0 Å². The number of phenols is 1. The van der Waals surface area contributed by atoms with Gasteiger partial charge < -0.3 is 19.6 Å². The van der Waals surface area contributed by atoms with E-state index in [2.05, 4.69) is 26.0 Å². The summed E-state index contributed by atoms with van der Waals surface area (Å²) in [6, 6.07) is 12.1. The van der Waals surface area contributed by atoms with E-state index in [-0.39, 0.29) is 23.0 Å². The third-order valence-electron chi connectivity index (χ3n) is 4.70. The van der Waals surface area contributed by atoms with Gasteiger partial charge in [0.05, 0.1) is 33.3 Å². The van der Waals surface area contributed by atoms with Crippen LogP contribution in [0.1, 0.15) is 27.9 Å². The van der Waals surface area contributed by atoms with Crippen LogP contribution in [0.25, 0.3) is 0 Å². The Balaban J connectivity index is 1.97. The van der Waals surface area contributed by atoms with Gasteiger partial charge in [-0.2, -0.15) is 0 Å². The summed E-state index contributed by atoms with van der Waals surface area (Å²) in [5, 5.41) is 12.9. The molecule has 6 nitrogen and oxygen atoms in total. The fourth-order valence-corrected chi connectivity index (χ4v) is 3.11. The molecule has 154 valence electrons. The highest BCUT2D eigenvalue weighted by Crippen LogP contribution is 2.26. The lowest BCUT2D eigenvalue weighted by Crippen LogP contribution is -2.41. The molecule has 2 aromatic carbocycles. The van der Waals surface area contributed by atoms with Gasteiger partial charge in [0.1, 0.15) is 18.0 Å². The van der Waals surface area contributed by atoms with E-state index in [4.69, 9.17) is 4.74 Å². The number of ketones is 1. The Hall–Kier alpha value is -3.12. The number of amides is 1. The van der Waals surface area contributed by atoms with E-state index >= 15 is 0 Å². The number of carbonyl (C=O) groups is 2. The maximum atomic E-state index is 12.7. The summed E-state index contributed by atoms with van der Waals surface area (Å²) < 4.78 is 5.81. The van der Waals surface area contributed by atoms with Crippen LogP contribution >= 0.6 is 0 Å². The highest BCUT2D eigenvalue weighted by molar-refractivity contribution is 6.10. The zero-order valence-corrected chi connectivity index (χ0v) is 17.3. The van der Waals surface area contributed by atoms with Gasteiger partial charge in [-0.05, 0) is 18.2 Å². The summed E-state index contributed by atoms with van der Waals surface area (Å²) >= 11 is 0. The largest absolute Gasteiger partial charge is 0.507 e. The van der Waals surface area contributed by atoms with Crippen LogP contribution < -0.4 is 10.1 Å². The molecule has 6 heteroatoms. The van der Waals surface area contributed by atoms with Gasteiger partial charge >= 0.3 is 0 Å². The molecule has 29 heavy (non-hydrogen) atoms. The van der Waals surface area contributed by atoms with Gasteiger partial charge in [-0.1, -0.05) is 30.8 Å². The minimum Gasteiger partial charge on any atom is -0.507 e. The second kappa shape index (κ2) is 9.89. The molecule has 0 aromatic heterocycles. The van der Waals surface area contributed by atoms with Gasteiger partial charge in [0.25, 0.3) is 0 Å². The number of rotatable bonds is 10. The van der Waals surface area contributed by atoms with Crippen molar-refractivity contribution in [3.05, 3.63) is 71.8 Å². The van der Waals surface area contributed by atoms with Gasteiger partial charge in [0, 0.05) is 30.2 Å². The van der Waals surface area contributed by atoms with Crippen LogP contribution in [0.3, 0.4) is 0 Å². The first-order valence-electron chi connectivity index (χ1n) is 9.48. The highest BCUT2D eigenvalue weighted by atomic mass is 16.5. The number of hydrogen-bond donors (Lipinski definition) is 2. The van der Waals surface area contributed by atoms with Crippen molar-refractivity contribution >= 4 is 11.7 Å². The SMILES string of the molecule is C=CC(=O)NCCC[N+](C)(C)Cc1ccc(C(=O)c2ccc(OC)cc2O)cc1. The molecule has 0 aliphatic heterocycles. The summed E-state index contributed by atoms with van der Waals surface area (Å²) in [7, 11) is 5.76. The molecule has 0 fully saturated rings. The van der Waals surface area contributed by atoms with Crippen LogP contribution in [0.2, 0.25) is 0 Å². The maximum Gasteiger partial charge on any atom is 0.243 e. The quantitative estimate of drug-likeness (QED) is 0.280. The maximum absolute atomic E-state index is 12.7. The predicted octanol–water partition coefficient (Wildman–Crippen LogP) is 2.90. The standard InChI is InChI=1S/C23H28N2O4/c1-5-22(27)24-13-6-14-25(2,3)16-17-7-9-18(10-8-17)23(28)20-12-11-19(29-4)15-21(20)26/h5,7-12,15H,1,6,13-14,16H2,2-4H3,(H-,24,26,27,28)/p+1. The Morgan fingerprint density at radius 2 is 1.86 bits per heavy atom. The predicted molar refractivity (Wildman–Crippen MR) is 113 cm³/mol. The average molecular weight is 397 g/mol. The van der Waals surface area contributed by atoms with Gasteiger partial charge in [-0.15, -0.1) is 0 Å². The minimum absolute atomic E-state index is 0.0974. The fourth-order valence-electron chi connectivity index (χ4n) is 3.11. The summed E-state index contributed by atoms with van der Waals surface area (Å²) in [6.45, 7) is 5.76. The zero-order valence-electron chi connectivity index (χ0n) is 17.3. The first-order chi connectivity index (χ1) is 13.8. The Kier molecular flexibility index (Phi) is 7.56. The number of phenolic OH excluding ortho intramolecular Hbond substituents is 1. The Labute approximate surface area is 172 Å². The summed E-state index contributed by atoms with van der Waals surface area (Å²) in [5.74, 6) is 0.0140. The molecule has 0 spiro atoms. The van der Waals surface area contributed by atoms with Crippen molar-refractivity contribution < 1.29 is 23.9 Å². The molecule has 0 radical (unpaired) electrons. The van der Waals surface area contributed by atoms with Gasteiger partial charge in [0.2, 0.25) is 5.91 Å². The highest BCUT2D eigenvalue weighted by Gasteiger charge is 2.17. The molecule has 0 unspecified atom stereocenters. The van der Waals surface area contributed by atoms with Crippen molar-refractivity contribution in [3.8, 4) is 11.5 Å². The van der Waals surface area contributed by atoms with E-state index in [1.165, 1.54) is 19.3 Å². The Morgan fingerprint density at radius 1 is 1.17 bits per heavy atom. The van der Waals surface area contributed by atoms with Gasteiger partial charge in [-0.25, -0.2) is 0 Å². The number of nitrogens with one attached hydrogen (secondary N) is 1. The molecule has 0 saturated heterocycles. The zero-order chi connectivity index (χ0) is 21.4. The van der Waals surface area contributed by atoms with E-state index in [0.29, 0.717) is 17.9 Å². The minimum atomic E-state index is -0.233. The van der Waals surface area contributed by atoms with E-state index in [1.807, 2.05) is 12.1 Å². The van der Waals surface area contributed by atoms with Crippen molar-refractivity contribution in [1.29, 1.82) is 0 Å². The van der Waals surface area contributed by atoms with Crippen molar-refractivity contribution in [1.82, 2.24) is 5.32 Å². The third-order valence-corrected chi connectivity index (χ3v) is 4.70. The topological polar surface area (TPSA) is 75.6 Å². The molecule has 2 rings (SSSR count). The molecule has 2 N–H and O–H groups in total. The molecular weight excluding hydrogens is 368 g/mol. The van der Waals surface area contributed by atoms with Gasteiger partial charge in [0.15, 0.2) is 5.78 Å². The van der Waals surface area contributed by atoms with E-state index in [9.17, 15) is 14.7 Å². The first kappa shape index (κ1) is 22.2. The first-order valence-corrected chi connectivity index (χ1v) is 9.48. The van der Waals surface area contributed by atoms with Crippen LogP contribution in [0.5, 0.6) is 11.5 Å². The van der Waals surface area contributed by atoms with Crippen molar-refractivity contribution in [2.45, 2.75) is 13.0 Å². The second-order valence-electron chi connectivity index (χ2n) is 7.58. The van der Waals surface area contributed by atoms with E-state index < -0.39 is 0 Å². The number of benzene rings is 2. The molecule has 1 amide bonds. The molecule has 0 aliphatic carbocycles. The number of aromatic hydroxyl groups is 1. The van der Waals surface area contributed by atoms with Crippen molar-refractivity contribution in [2.24, 2.45) is 0 Å². The number of methoxy groups -OCH3 is 1. The lowest BCUT2D eigenvalue weighted by Gasteiger charge is -2.30. The molecule has 0 atom stereocenters. The van der Waals surface area contributed by atoms with Crippen LogP contribution in [0.4, 0.5) is 0 Å². The van der Waals surface area contributed by atoms with Gasteiger partial charge in [-0.3, -0.25) is 9.59 Å². The number of ether oxygens (including phenoxy) is 1. The summed E-state index contributed by atoms with van der Waals surface area (Å²) in [6.07, 6.45) is 2.13. The molecular formula is C23H29N2O4+. The lowest BCUT2D eigenvalue weighted by molar-refractivity contribution is -0.903. The summed E-state index contributed by atoms with van der Waals surface area (Å²) in [4.78, 5) is 23.9. The lowest BCUT2D eigenvalue weighted by atomic mass is 10.0. The molecule has 0 aliphatic rings. The fraction of sp³-hybridized carbons (Fsp3) is 0.304. The third kappa shape index (κ3) is 6.47. The number of carbonyl (C=O) groups excluding carboxylic acids is 2. The normalized spacial score (nSPS) is 11.0. The smallest absolute Gasteiger partial charge is 0.243 e. The van der Waals surface area contributed by atoms with Crippen LogP contribution in [-0.2, 0) is 11.3 Å². The van der Waals surface area contributed by atoms with E-state index in [1.54, 1.807) is 24.3 Å². The summed E-state index contributed by atoms with van der Waals surface area (Å²) in [5.41, 5.74) is 1.88. The van der Waals surface area contributed by atoms with E-state index in [0.717, 1.165) is 29.6 Å².